The Balaban J connectivity index is 2.80. The van der Waals surface area contributed by atoms with Gasteiger partial charge in [0.05, 0.1) is 12.7 Å². The average molecular weight is 293 g/mol. The molecule has 1 amide bonds. The van der Waals surface area contributed by atoms with Gasteiger partial charge in [-0.2, -0.15) is 0 Å². The van der Waals surface area contributed by atoms with Gasteiger partial charge >= 0.3 is 5.97 Å². The molecular formula is C15H23N3O3. The Bertz CT molecular complexity index is 483. The highest BCUT2D eigenvalue weighted by Crippen LogP contribution is 2.13. The topological polar surface area (TPSA) is 71.5 Å². The maximum atomic E-state index is 11.8. The highest BCUT2D eigenvalue weighted by atomic mass is 16.5. The molecule has 0 fully saturated rings. The van der Waals surface area contributed by atoms with E-state index in [9.17, 15) is 9.59 Å². The van der Waals surface area contributed by atoms with E-state index in [4.69, 9.17) is 4.74 Å². The fraction of sp³-hybridized carbons (Fsp3) is 0.533. The molecule has 1 aromatic rings. The molecule has 1 heterocycles. The SMILES string of the molecule is COC(=O)C(CC(C)C)Nc1ccc(C(=O)N(C)C)cn1. The monoisotopic (exact) mass is 293 g/mol. The number of carbonyl (C=O) groups is 2. The zero-order chi connectivity index (χ0) is 16.0. The molecule has 116 valence electrons. The van der Waals surface area contributed by atoms with Crippen LogP contribution in [0.5, 0.6) is 0 Å². The van der Waals surface area contributed by atoms with Crippen molar-refractivity contribution in [1.29, 1.82) is 0 Å². The molecular weight excluding hydrogens is 270 g/mol. The molecule has 0 aliphatic heterocycles. The Hall–Kier alpha value is -2.11. The predicted molar refractivity (Wildman–Crippen MR) is 81.1 cm³/mol. The van der Waals surface area contributed by atoms with Crippen molar-refractivity contribution < 1.29 is 14.3 Å². The van der Waals surface area contributed by atoms with Crippen LogP contribution in [0.3, 0.4) is 0 Å². The minimum Gasteiger partial charge on any atom is -0.467 e. The van der Waals surface area contributed by atoms with E-state index < -0.39 is 6.04 Å². The molecule has 0 bridgehead atoms. The standard InChI is InChI=1S/C15H23N3O3/c1-10(2)8-12(15(20)21-5)17-13-7-6-11(9-16-13)14(19)18(3)4/h6-7,9-10,12H,8H2,1-5H3,(H,16,17). The summed E-state index contributed by atoms with van der Waals surface area (Å²) in [6.07, 6.45) is 2.14. The number of pyridine rings is 1. The second-order valence-electron chi connectivity index (χ2n) is 5.48. The number of hydrogen-bond acceptors (Lipinski definition) is 5. The zero-order valence-corrected chi connectivity index (χ0v) is 13.2. The van der Waals surface area contributed by atoms with Gasteiger partial charge in [-0.15, -0.1) is 0 Å². The number of anilines is 1. The van der Waals surface area contributed by atoms with Gasteiger partial charge in [-0.05, 0) is 24.5 Å². The van der Waals surface area contributed by atoms with Crippen molar-refractivity contribution >= 4 is 17.7 Å². The number of aromatic nitrogens is 1. The van der Waals surface area contributed by atoms with E-state index in [0.29, 0.717) is 23.7 Å². The molecule has 21 heavy (non-hydrogen) atoms. The van der Waals surface area contributed by atoms with Crippen LogP contribution in [0, 0.1) is 5.92 Å². The van der Waals surface area contributed by atoms with Gasteiger partial charge < -0.3 is 15.0 Å². The van der Waals surface area contributed by atoms with Gasteiger partial charge in [-0.1, -0.05) is 13.8 Å². The summed E-state index contributed by atoms with van der Waals surface area (Å²) in [6, 6.07) is 2.92. The quantitative estimate of drug-likeness (QED) is 0.810. The molecule has 1 unspecified atom stereocenters. The van der Waals surface area contributed by atoms with E-state index >= 15 is 0 Å². The third-order valence-electron chi connectivity index (χ3n) is 2.93. The Labute approximate surface area is 125 Å². The lowest BCUT2D eigenvalue weighted by molar-refractivity contribution is -0.141. The first-order valence-corrected chi connectivity index (χ1v) is 6.87. The van der Waals surface area contributed by atoms with E-state index in [-0.39, 0.29) is 11.9 Å². The summed E-state index contributed by atoms with van der Waals surface area (Å²) in [4.78, 5) is 29.2. The first-order chi connectivity index (χ1) is 9.85. The van der Waals surface area contributed by atoms with Gasteiger partial charge in [0, 0.05) is 20.3 Å². The Kier molecular flexibility index (Phi) is 6.14. The Morgan fingerprint density at radius 1 is 1.33 bits per heavy atom. The van der Waals surface area contributed by atoms with E-state index in [1.165, 1.54) is 18.2 Å². The molecule has 6 nitrogen and oxygen atoms in total. The number of carbonyl (C=O) groups excluding carboxylic acids is 2. The molecule has 0 saturated heterocycles. The molecule has 1 aromatic heterocycles. The molecule has 0 spiro atoms. The lowest BCUT2D eigenvalue weighted by atomic mass is 10.0. The first-order valence-electron chi connectivity index (χ1n) is 6.87. The number of ether oxygens (including phenoxy) is 1. The fourth-order valence-electron chi connectivity index (χ4n) is 1.87. The number of amides is 1. The smallest absolute Gasteiger partial charge is 0.328 e. The molecule has 0 aromatic carbocycles. The summed E-state index contributed by atoms with van der Waals surface area (Å²) in [6.45, 7) is 4.06. The zero-order valence-electron chi connectivity index (χ0n) is 13.2. The van der Waals surface area contributed by atoms with E-state index in [2.05, 4.69) is 10.3 Å². The Morgan fingerprint density at radius 3 is 2.43 bits per heavy atom. The van der Waals surface area contributed by atoms with Gasteiger partial charge in [-0.25, -0.2) is 9.78 Å². The summed E-state index contributed by atoms with van der Waals surface area (Å²) in [7, 11) is 4.73. The van der Waals surface area contributed by atoms with E-state index in [1.807, 2.05) is 13.8 Å². The fourth-order valence-corrected chi connectivity index (χ4v) is 1.87. The van der Waals surface area contributed by atoms with Crippen molar-refractivity contribution in [3.8, 4) is 0 Å². The molecule has 0 aliphatic rings. The van der Waals surface area contributed by atoms with Gasteiger partial charge in [0.1, 0.15) is 11.9 Å². The number of esters is 1. The van der Waals surface area contributed by atoms with Crippen LogP contribution in [0.25, 0.3) is 0 Å². The van der Waals surface area contributed by atoms with Crippen LogP contribution in [0.1, 0.15) is 30.6 Å². The second kappa shape index (κ2) is 7.61. The highest BCUT2D eigenvalue weighted by molar-refractivity contribution is 5.93. The van der Waals surface area contributed by atoms with E-state index in [1.54, 1.807) is 26.2 Å². The van der Waals surface area contributed by atoms with Crippen LogP contribution < -0.4 is 5.32 Å². The number of nitrogens with zero attached hydrogens (tertiary/aromatic N) is 2. The average Bonchev–Trinajstić information content (AvgIpc) is 2.45. The van der Waals surface area contributed by atoms with Gasteiger partial charge in [0.25, 0.3) is 5.91 Å². The van der Waals surface area contributed by atoms with Crippen molar-refractivity contribution in [2.24, 2.45) is 5.92 Å². The number of rotatable bonds is 6. The number of hydrogen-bond donors (Lipinski definition) is 1. The van der Waals surface area contributed by atoms with Crippen molar-refractivity contribution in [3.63, 3.8) is 0 Å². The number of methoxy groups -OCH3 is 1. The van der Waals surface area contributed by atoms with Crippen LogP contribution in [-0.4, -0.2) is 49.0 Å². The third kappa shape index (κ3) is 5.06. The van der Waals surface area contributed by atoms with Crippen LogP contribution in [0.4, 0.5) is 5.82 Å². The molecule has 1 N–H and O–H groups in total. The van der Waals surface area contributed by atoms with Crippen molar-refractivity contribution in [3.05, 3.63) is 23.9 Å². The summed E-state index contributed by atoms with van der Waals surface area (Å²) < 4.78 is 4.79. The summed E-state index contributed by atoms with van der Waals surface area (Å²) >= 11 is 0. The second-order valence-corrected chi connectivity index (χ2v) is 5.48. The van der Waals surface area contributed by atoms with Crippen molar-refractivity contribution in [1.82, 2.24) is 9.88 Å². The number of nitrogens with one attached hydrogen (secondary N) is 1. The van der Waals surface area contributed by atoms with E-state index in [0.717, 1.165) is 0 Å². The van der Waals surface area contributed by atoms with Crippen LogP contribution in [0.2, 0.25) is 0 Å². The van der Waals surface area contributed by atoms with Crippen LogP contribution in [-0.2, 0) is 9.53 Å². The molecule has 0 saturated carbocycles. The predicted octanol–water partition coefficient (Wildman–Crippen LogP) is 1.78. The minimum atomic E-state index is -0.446. The maximum absolute atomic E-state index is 11.8. The van der Waals surface area contributed by atoms with Crippen LogP contribution in [0.15, 0.2) is 18.3 Å². The maximum Gasteiger partial charge on any atom is 0.328 e. The summed E-state index contributed by atoms with van der Waals surface area (Å²) in [5.74, 6) is 0.456. The van der Waals surface area contributed by atoms with Crippen molar-refractivity contribution in [2.45, 2.75) is 26.3 Å². The summed E-state index contributed by atoms with van der Waals surface area (Å²) in [5, 5.41) is 3.05. The van der Waals surface area contributed by atoms with Crippen LogP contribution >= 0.6 is 0 Å². The van der Waals surface area contributed by atoms with Gasteiger partial charge in [0.2, 0.25) is 0 Å². The summed E-state index contributed by atoms with van der Waals surface area (Å²) in [5.41, 5.74) is 0.504. The third-order valence-corrected chi connectivity index (χ3v) is 2.93. The molecule has 6 heteroatoms. The van der Waals surface area contributed by atoms with Gasteiger partial charge in [0.15, 0.2) is 0 Å². The molecule has 0 aliphatic carbocycles. The van der Waals surface area contributed by atoms with Gasteiger partial charge in [-0.3, -0.25) is 4.79 Å². The van der Waals surface area contributed by atoms with Crippen molar-refractivity contribution in [2.75, 3.05) is 26.5 Å². The largest absolute Gasteiger partial charge is 0.467 e. The minimum absolute atomic E-state index is 0.110. The highest BCUT2D eigenvalue weighted by Gasteiger charge is 2.20. The molecule has 1 rings (SSSR count). The first kappa shape index (κ1) is 16.9. The lowest BCUT2D eigenvalue weighted by Gasteiger charge is -2.19. The normalized spacial score (nSPS) is 11.9. The Morgan fingerprint density at radius 2 is 2.00 bits per heavy atom. The molecule has 1 atom stereocenters. The molecule has 0 radical (unpaired) electrons. The lowest BCUT2D eigenvalue weighted by Crippen LogP contribution is -2.32.